The molecular formula is C21H24O7. The van der Waals surface area contributed by atoms with Crippen LogP contribution in [0.1, 0.15) is 19.8 Å². The molecule has 6 unspecified atom stereocenters. The molecule has 0 aromatic heterocycles. The van der Waals surface area contributed by atoms with E-state index >= 15 is 0 Å². The van der Waals surface area contributed by atoms with E-state index in [0.717, 1.165) is 5.57 Å². The monoisotopic (exact) mass is 388 g/mol. The second kappa shape index (κ2) is 7.39. The largest absolute Gasteiger partial charge is 0.461 e. The lowest BCUT2D eigenvalue weighted by Crippen LogP contribution is -2.36. The van der Waals surface area contributed by atoms with Gasteiger partial charge in [0.25, 0.3) is 0 Å². The van der Waals surface area contributed by atoms with Crippen molar-refractivity contribution in [3.05, 3.63) is 48.6 Å². The molecule has 0 spiro atoms. The predicted octanol–water partition coefficient (Wildman–Crippen LogP) is 1.63. The molecule has 28 heavy (non-hydrogen) atoms. The van der Waals surface area contributed by atoms with Crippen LogP contribution in [0.5, 0.6) is 0 Å². The minimum absolute atomic E-state index is 0.0162. The summed E-state index contributed by atoms with van der Waals surface area (Å²) in [6, 6.07) is 0. The maximum Gasteiger partial charge on any atom is 0.337 e. The Labute approximate surface area is 163 Å². The molecule has 1 heterocycles. The summed E-state index contributed by atoms with van der Waals surface area (Å²) >= 11 is 0. The van der Waals surface area contributed by atoms with Gasteiger partial charge in [0.1, 0.15) is 18.8 Å². The second-order valence-corrected chi connectivity index (χ2v) is 7.57. The Balaban J connectivity index is 1.85. The SMILES string of the molecule is C=C(COC(C)=O)C(=O)OC1CC(=C)C2CC(O)C(=C)C2C2OC(=O)C(=C)C12. The minimum atomic E-state index is -0.728. The van der Waals surface area contributed by atoms with E-state index in [1.54, 1.807) is 0 Å². The number of fused-ring (bicyclic) bond motifs is 3. The third kappa shape index (κ3) is 3.42. The molecule has 3 aliphatic rings. The van der Waals surface area contributed by atoms with Gasteiger partial charge in [-0.2, -0.15) is 0 Å². The van der Waals surface area contributed by atoms with Gasteiger partial charge in [0, 0.05) is 24.8 Å². The van der Waals surface area contributed by atoms with E-state index in [4.69, 9.17) is 14.2 Å². The Kier molecular flexibility index (Phi) is 5.30. The number of rotatable bonds is 4. The van der Waals surface area contributed by atoms with Crippen molar-refractivity contribution in [3.63, 3.8) is 0 Å². The highest BCUT2D eigenvalue weighted by Crippen LogP contribution is 2.52. The molecule has 7 heteroatoms. The Hall–Kier alpha value is -2.67. The summed E-state index contributed by atoms with van der Waals surface area (Å²) in [5.74, 6) is -2.81. The van der Waals surface area contributed by atoms with Crippen molar-refractivity contribution >= 4 is 17.9 Å². The zero-order valence-electron chi connectivity index (χ0n) is 15.8. The van der Waals surface area contributed by atoms with E-state index in [9.17, 15) is 19.5 Å². The summed E-state index contributed by atoms with van der Waals surface area (Å²) in [7, 11) is 0. The summed E-state index contributed by atoms with van der Waals surface area (Å²) in [5.41, 5.74) is 1.59. The van der Waals surface area contributed by atoms with E-state index in [1.807, 2.05) is 0 Å². The Morgan fingerprint density at radius 2 is 1.93 bits per heavy atom. The van der Waals surface area contributed by atoms with Crippen LogP contribution >= 0.6 is 0 Å². The van der Waals surface area contributed by atoms with Gasteiger partial charge in [-0.1, -0.05) is 31.9 Å². The highest BCUT2D eigenvalue weighted by Gasteiger charge is 2.56. The third-order valence-corrected chi connectivity index (χ3v) is 5.77. The number of hydrogen-bond acceptors (Lipinski definition) is 7. The number of ether oxygens (including phenoxy) is 3. The number of hydrogen-bond donors (Lipinski definition) is 1. The maximum absolute atomic E-state index is 12.4. The fraction of sp³-hybridized carbons (Fsp3) is 0.476. The Morgan fingerprint density at radius 1 is 1.25 bits per heavy atom. The molecule has 6 atom stereocenters. The molecule has 3 rings (SSSR count). The van der Waals surface area contributed by atoms with E-state index in [2.05, 4.69) is 26.3 Å². The molecule has 150 valence electrons. The van der Waals surface area contributed by atoms with Crippen molar-refractivity contribution in [2.45, 2.75) is 38.1 Å². The van der Waals surface area contributed by atoms with Crippen LogP contribution in [0.25, 0.3) is 0 Å². The summed E-state index contributed by atoms with van der Waals surface area (Å²) in [6.07, 6.45) is -1.32. The standard InChI is InChI=1S/C21H24O7/c1-9-6-16(27-20(24)10(2)8-26-13(5)22)18-12(4)21(25)28-19(18)17-11(3)15(23)7-14(9)17/h14-19,23H,1-4,6-8H2,5H3. The lowest BCUT2D eigenvalue weighted by atomic mass is 9.81. The molecule has 0 radical (unpaired) electrons. The average molecular weight is 388 g/mol. The van der Waals surface area contributed by atoms with E-state index < -0.39 is 42.1 Å². The van der Waals surface area contributed by atoms with Crippen LogP contribution in [0.4, 0.5) is 0 Å². The molecule has 2 saturated carbocycles. The van der Waals surface area contributed by atoms with Gasteiger partial charge in [-0.05, 0) is 17.9 Å². The number of aliphatic hydroxyl groups excluding tert-OH is 1. The van der Waals surface area contributed by atoms with Gasteiger partial charge in [-0.15, -0.1) is 0 Å². The summed E-state index contributed by atoms with van der Waals surface area (Å²) < 4.78 is 16.0. The summed E-state index contributed by atoms with van der Waals surface area (Å²) in [5, 5.41) is 10.2. The molecule has 0 bridgehead atoms. The van der Waals surface area contributed by atoms with Crippen molar-refractivity contribution in [2.24, 2.45) is 17.8 Å². The normalized spacial score (nSPS) is 34.2. The van der Waals surface area contributed by atoms with Gasteiger partial charge < -0.3 is 19.3 Å². The van der Waals surface area contributed by atoms with Crippen molar-refractivity contribution in [3.8, 4) is 0 Å². The lowest BCUT2D eigenvalue weighted by molar-refractivity contribution is -0.149. The molecule has 1 N–H and O–H groups in total. The number of carbonyl (C=O) groups excluding carboxylic acids is 3. The van der Waals surface area contributed by atoms with Crippen LogP contribution < -0.4 is 0 Å². The van der Waals surface area contributed by atoms with Gasteiger partial charge >= 0.3 is 17.9 Å². The molecule has 0 amide bonds. The fourth-order valence-corrected chi connectivity index (χ4v) is 4.34. The van der Waals surface area contributed by atoms with Crippen molar-refractivity contribution in [2.75, 3.05) is 6.61 Å². The van der Waals surface area contributed by atoms with Crippen LogP contribution in [0, 0.1) is 17.8 Å². The van der Waals surface area contributed by atoms with Crippen LogP contribution in [-0.2, 0) is 28.6 Å². The Morgan fingerprint density at radius 3 is 2.57 bits per heavy atom. The first kappa shape index (κ1) is 20.1. The first-order chi connectivity index (χ1) is 13.1. The van der Waals surface area contributed by atoms with Crippen LogP contribution in [0.2, 0.25) is 0 Å². The molecule has 3 fully saturated rings. The average Bonchev–Trinajstić information content (AvgIpc) is 3.04. The van der Waals surface area contributed by atoms with Crippen molar-refractivity contribution in [1.82, 2.24) is 0 Å². The first-order valence-corrected chi connectivity index (χ1v) is 9.08. The van der Waals surface area contributed by atoms with E-state index in [0.29, 0.717) is 18.4 Å². The van der Waals surface area contributed by atoms with Crippen LogP contribution in [-0.4, -0.2) is 47.9 Å². The highest BCUT2D eigenvalue weighted by atomic mass is 16.6. The zero-order valence-corrected chi connectivity index (χ0v) is 15.8. The number of carbonyl (C=O) groups is 3. The third-order valence-electron chi connectivity index (χ3n) is 5.77. The molecular weight excluding hydrogens is 364 g/mol. The fourth-order valence-electron chi connectivity index (χ4n) is 4.34. The van der Waals surface area contributed by atoms with E-state index in [1.165, 1.54) is 6.92 Å². The number of esters is 3. The van der Waals surface area contributed by atoms with Gasteiger partial charge in [0.2, 0.25) is 0 Å². The highest BCUT2D eigenvalue weighted by molar-refractivity contribution is 5.92. The van der Waals surface area contributed by atoms with Gasteiger partial charge in [-0.25, -0.2) is 9.59 Å². The lowest BCUT2D eigenvalue weighted by Gasteiger charge is -2.28. The van der Waals surface area contributed by atoms with Crippen molar-refractivity contribution in [1.29, 1.82) is 0 Å². The van der Waals surface area contributed by atoms with Crippen molar-refractivity contribution < 1.29 is 33.7 Å². The smallest absolute Gasteiger partial charge is 0.337 e. The topological polar surface area (TPSA) is 99.1 Å². The van der Waals surface area contributed by atoms with Gasteiger partial charge in [0.15, 0.2) is 0 Å². The predicted molar refractivity (Wildman–Crippen MR) is 98.7 cm³/mol. The Bertz CT molecular complexity index is 793. The first-order valence-electron chi connectivity index (χ1n) is 9.08. The molecule has 2 aliphatic carbocycles. The number of aliphatic hydroxyl groups is 1. The summed E-state index contributed by atoms with van der Waals surface area (Å²) in [4.78, 5) is 35.6. The molecule has 1 saturated heterocycles. The van der Waals surface area contributed by atoms with Gasteiger partial charge in [-0.3, -0.25) is 4.79 Å². The quantitative estimate of drug-likeness (QED) is 0.338. The molecule has 1 aliphatic heterocycles. The van der Waals surface area contributed by atoms with Crippen LogP contribution in [0.15, 0.2) is 48.6 Å². The summed E-state index contributed by atoms with van der Waals surface area (Å²) in [6.45, 7) is 16.5. The molecule has 7 nitrogen and oxygen atoms in total. The maximum atomic E-state index is 12.4. The molecule has 0 aromatic carbocycles. The molecule has 0 aromatic rings. The van der Waals surface area contributed by atoms with Crippen LogP contribution in [0.3, 0.4) is 0 Å². The minimum Gasteiger partial charge on any atom is -0.461 e. The van der Waals surface area contributed by atoms with E-state index in [-0.39, 0.29) is 29.6 Å². The van der Waals surface area contributed by atoms with Gasteiger partial charge in [0.05, 0.1) is 17.6 Å². The zero-order chi connectivity index (χ0) is 20.7. The second-order valence-electron chi connectivity index (χ2n) is 7.57.